The number of aromatic nitrogens is 2. The van der Waals surface area contributed by atoms with Crippen molar-refractivity contribution >= 4 is 11.9 Å². The summed E-state index contributed by atoms with van der Waals surface area (Å²) in [5, 5.41) is 9.01. The van der Waals surface area contributed by atoms with Gasteiger partial charge in [-0.05, 0) is 39.9 Å². The summed E-state index contributed by atoms with van der Waals surface area (Å²) in [6.07, 6.45) is 2.44. The van der Waals surface area contributed by atoms with E-state index in [9.17, 15) is 4.79 Å². The highest BCUT2D eigenvalue weighted by Gasteiger charge is 2.13. The molecule has 0 fully saturated rings. The molecule has 0 unspecified atom stereocenters. The lowest BCUT2D eigenvalue weighted by Crippen LogP contribution is -2.31. The standard InChI is InChI=1S/C15H26N4O2/c1-5-18(6-2)9-8-10-19(7-3)15-16-11-13(14(20)21)12(4)17-15/h11H,5-10H2,1-4H3,(H,20,21). The van der Waals surface area contributed by atoms with E-state index in [1.54, 1.807) is 6.92 Å². The number of hydrogen-bond acceptors (Lipinski definition) is 5. The van der Waals surface area contributed by atoms with Crippen molar-refractivity contribution in [1.82, 2.24) is 14.9 Å². The molecule has 0 atom stereocenters. The van der Waals surface area contributed by atoms with Crippen LogP contribution in [0.4, 0.5) is 5.95 Å². The highest BCUT2D eigenvalue weighted by Crippen LogP contribution is 2.12. The molecule has 0 spiro atoms. The van der Waals surface area contributed by atoms with Gasteiger partial charge >= 0.3 is 5.97 Å². The third kappa shape index (κ3) is 4.97. The van der Waals surface area contributed by atoms with E-state index in [1.165, 1.54) is 6.20 Å². The summed E-state index contributed by atoms with van der Waals surface area (Å²) in [7, 11) is 0. The number of rotatable bonds is 9. The molecular weight excluding hydrogens is 268 g/mol. The van der Waals surface area contributed by atoms with Crippen LogP contribution in [-0.4, -0.2) is 58.7 Å². The summed E-state index contributed by atoms with van der Waals surface area (Å²) in [4.78, 5) is 24.0. The Kier molecular flexibility index (Phi) is 7.08. The molecule has 0 aromatic carbocycles. The van der Waals surface area contributed by atoms with Crippen molar-refractivity contribution in [1.29, 1.82) is 0 Å². The fourth-order valence-electron chi connectivity index (χ4n) is 2.24. The Labute approximate surface area is 126 Å². The molecule has 0 aliphatic carbocycles. The molecule has 0 radical (unpaired) electrons. The molecule has 6 nitrogen and oxygen atoms in total. The lowest BCUT2D eigenvalue weighted by atomic mass is 10.2. The zero-order valence-corrected chi connectivity index (χ0v) is 13.5. The van der Waals surface area contributed by atoms with Crippen LogP contribution in [0, 0.1) is 6.92 Å². The first-order chi connectivity index (χ1) is 10.0. The molecule has 1 N–H and O–H groups in total. The molecule has 0 saturated carbocycles. The second-order valence-electron chi connectivity index (χ2n) is 4.93. The molecular formula is C15H26N4O2. The Morgan fingerprint density at radius 2 is 1.86 bits per heavy atom. The van der Waals surface area contributed by atoms with Gasteiger partial charge in [-0.15, -0.1) is 0 Å². The van der Waals surface area contributed by atoms with Crippen LogP contribution in [0.2, 0.25) is 0 Å². The van der Waals surface area contributed by atoms with Crippen molar-refractivity contribution in [3.05, 3.63) is 17.5 Å². The summed E-state index contributed by atoms with van der Waals surface area (Å²) in [6, 6.07) is 0. The second-order valence-corrected chi connectivity index (χ2v) is 4.93. The Hall–Kier alpha value is -1.69. The zero-order valence-electron chi connectivity index (χ0n) is 13.5. The minimum atomic E-state index is -0.983. The zero-order chi connectivity index (χ0) is 15.8. The van der Waals surface area contributed by atoms with Gasteiger partial charge in [-0.2, -0.15) is 0 Å². The van der Waals surface area contributed by atoms with Gasteiger partial charge in [0.25, 0.3) is 0 Å². The first kappa shape index (κ1) is 17.4. The fourth-order valence-corrected chi connectivity index (χ4v) is 2.24. The highest BCUT2D eigenvalue weighted by molar-refractivity contribution is 5.88. The Balaban J connectivity index is 2.68. The molecule has 0 aliphatic rings. The van der Waals surface area contributed by atoms with E-state index in [-0.39, 0.29) is 5.56 Å². The van der Waals surface area contributed by atoms with Gasteiger partial charge in [0.1, 0.15) is 0 Å². The van der Waals surface area contributed by atoms with E-state index in [4.69, 9.17) is 5.11 Å². The number of carboxylic acids is 1. The van der Waals surface area contributed by atoms with Crippen LogP contribution in [-0.2, 0) is 0 Å². The van der Waals surface area contributed by atoms with Crippen molar-refractivity contribution < 1.29 is 9.90 Å². The normalized spacial score (nSPS) is 10.9. The van der Waals surface area contributed by atoms with Gasteiger partial charge in [-0.1, -0.05) is 13.8 Å². The Bertz CT molecular complexity index is 461. The van der Waals surface area contributed by atoms with Crippen LogP contribution in [0.1, 0.15) is 43.2 Å². The van der Waals surface area contributed by atoms with Gasteiger partial charge in [-0.3, -0.25) is 0 Å². The number of aromatic carboxylic acids is 1. The average molecular weight is 294 g/mol. The monoisotopic (exact) mass is 294 g/mol. The van der Waals surface area contributed by atoms with Crippen molar-refractivity contribution in [2.24, 2.45) is 0 Å². The van der Waals surface area contributed by atoms with E-state index < -0.39 is 5.97 Å². The van der Waals surface area contributed by atoms with Crippen molar-refractivity contribution in [3.63, 3.8) is 0 Å². The number of carbonyl (C=O) groups is 1. The average Bonchev–Trinajstić information content (AvgIpc) is 2.47. The maximum absolute atomic E-state index is 11.0. The summed E-state index contributed by atoms with van der Waals surface area (Å²) in [5.41, 5.74) is 0.674. The lowest BCUT2D eigenvalue weighted by molar-refractivity contribution is 0.0695. The van der Waals surface area contributed by atoms with Crippen molar-refractivity contribution in [3.8, 4) is 0 Å². The SMILES string of the molecule is CCN(CC)CCCN(CC)c1ncc(C(=O)O)c(C)n1. The fraction of sp³-hybridized carbons (Fsp3) is 0.667. The van der Waals surface area contributed by atoms with E-state index in [0.29, 0.717) is 11.6 Å². The predicted octanol–water partition coefficient (Wildman–Crippen LogP) is 2.04. The third-order valence-corrected chi connectivity index (χ3v) is 3.66. The number of carboxylic acid groups (broad SMARTS) is 1. The summed E-state index contributed by atoms with van der Waals surface area (Å²) < 4.78 is 0. The van der Waals surface area contributed by atoms with Crippen LogP contribution in [0.5, 0.6) is 0 Å². The molecule has 1 heterocycles. The Morgan fingerprint density at radius 3 is 2.33 bits per heavy atom. The summed E-state index contributed by atoms with van der Waals surface area (Å²) in [5.74, 6) is -0.372. The van der Waals surface area contributed by atoms with Crippen LogP contribution in [0.25, 0.3) is 0 Å². The number of aryl methyl sites for hydroxylation is 1. The van der Waals surface area contributed by atoms with E-state index >= 15 is 0 Å². The number of anilines is 1. The molecule has 0 saturated heterocycles. The quantitative estimate of drug-likeness (QED) is 0.751. The molecule has 1 aromatic heterocycles. The number of nitrogens with zero attached hydrogens (tertiary/aromatic N) is 4. The molecule has 21 heavy (non-hydrogen) atoms. The van der Waals surface area contributed by atoms with Gasteiger partial charge in [0.15, 0.2) is 0 Å². The molecule has 0 aliphatic heterocycles. The largest absolute Gasteiger partial charge is 0.478 e. The molecule has 6 heteroatoms. The second kappa shape index (κ2) is 8.56. The highest BCUT2D eigenvalue weighted by atomic mass is 16.4. The van der Waals surface area contributed by atoms with Crippen molar-refractivity contribution in [2.45, 2.75) is 34.1 Å². The molecule has 1 aromatic rings. The van der Waals surface area contributed by atoms with Gasteiger partial charge in [-0.25, -0.2) is 14.8 Å². The van der Waals surface area contributed by atoms with Crippen molar-refractivity contribution in [2.75, 3.05) is 37.6 Å². The minimum absolute atomic E-state index is 0.165. The van der Waals surface area contributed by atoms with E-state index in [2.05, 4.69) is 40.5 Å². The minimum Gasteiger partial charge on any atom is -0.478 e. The number of hydrogen-bond donors (Lipinski definition) is 1. The predicted molar refractivity (Wildman–Crippen MR) is 84.0 cm³/mol. The van der Waals surface area contributed by atoms with Gasteiger partial charge < -0.3 is 14.9 Å². The molecule has 1 rings (SSSR count). The lowest BCUT2D eigenvalue weighted by Gasteiger charge is -2.23. The first-order valence-corrected chi connectivity index (χ1v) is 7.57. The van der Waals surface area contributed by atoms with Gasteiger partial charge in [0.05, 0.1) is 11.3 Å². The van der Waals surface area contributed by atoms with Gasteiger partial charge in [0.2, 0.25) is 5.95 Å². The third-order valence-electron chi connectivity index (χ3n) is 3.66. The maximum atomic E-state index is 11.0. The van der Waals surface area contributed by atoms with Crippen LogP contribution in [0.3, 0.4) is 0 Å². The van der Waals surface area contributed by atoms with Crippen LogP contribution < -0.4 is 4.90 Å². The first-order valence-electron chi connectivity index (χ1n) is 7.57. The van der Waals surface area contributed by atoms with E-state index in [1.807, 2.05) is 0 Å². The van der Waals surface area contributed by atoms with E-state index in [0.717, 1.165) is 39.1 Å². The summed E-state index contributed by atoms with van der Waals surface area (Å²) in [6.45, 7) is 13.0. The van der Waals surface area contributed by atoms with Crippen LogP contribution >= 0.6 is 0 Å². The smallest absolute Gasteiger partial charge is 0.339 e. The summed E-state index contributed by atoms with van der Waals surface area (Å²) >= 11 is 0. The van der Waals surface area contributed by atoms with Gasteiger partial charge in [0, 0.05) is 19.3 Å². The Morgan fingerprint density at radius 1 is 1.19 bits per heavy atom. The maximum Gasteiger partial charge on any atom is 0.339 e. The molecule has 118 valence electrons. The molecule has 0 amide bonds. The topological polar surface area (TPSA) is 69.6 Å². The van der Waals surface area contributed by atoms with Crippen LogP contribution in [0.15, 0.2) is 6.20 Å². The molecule has 0 bridgehead atoms.